The monoisotopic (exact) mass is 231 g/mol. The molecule has 4 heteroatoms. The van der Waals surface area contributed by atoms with E-state index in [-0.39, 0.29) is 0 Å². The number of hydrogen-bond donors (Lipinski definition) is 1. The van der Waals surface area contributed by atoms with Crippen LogP contribution in [-0.4, -0.2) is 24.7 Å². The third-order valence-corrected chi connectivity index (χ3v) is 2.77. The predicted molar refractivity (Wildman–Crippen MR) is 63.3 cm³/mol. The summed E-state index contributed by atoms with van der Waals surface area (Å²) >= 11 is 7.60. The molecule has 0 heterocycles. The molecular formula is C10H14ClNOS. The van der Waals surface area contributed by atoms with Crippen LogP contribution in [0.1, 0.15) is 0 Å². The lowest BCUT2D eigenvalue weighted by Gasteiger charge is -2.05. The molecule has 0 amide bonds. The van der Waals surface area contributed by atoms with E-state index in [0.29, 0.717) is 11.6 Å². The van der Waals surface area contributed by atoms with E-state index in [0.717, 1.165) is 23.8 Å². The quantitative estimate of drug-likeness (QED) is 0.764. The normalized spacial score (nSPS) is 10.1. The van der Waals surface area contributed by atoms with Crippen molar-refractivity contribution in [2.45, 2.75) is 0 Å². The first-order chi connectivity index (χ1) is 6.83. The minimum Gasteiger partial charge on any atom is -0.493 e. The first kappa shape index (κ1) is 11.7. The van der Waals surface area contributed by atoms with Crippen LogP contribution in [0.2, 0.25) is 5.02 Å². The van der Waals surface area contributed by atoms with Crippen molar-refractivity contribution in [3.63, 3.8) is 0 Å². The summed E-state index contributed by atoms with van der Waals surface area (Å²) in [4.78, 5) is 0. The largest absolute Gasteiger partial charge is 0.493 e. The summed E-state index contributed by atoms with van der Waals surface area (Å²) in [5, 5.41) is 0.706. The van der Waals surface area contributed by atoms with Crippen molar-refractivity contribution < 1.29 is 4.74 Å². The molecule has 0 aliphatic rings. The van der Waals surface area contributed by atoms with Gasteiger partial charge in [-0.25, -0.2) is 0 Å². The first-order valence-electron chi connectivity index (χ1n) is 4.49. The van der Waals surface area contributed by atoms with E-state index in [1.807, 2.05) is 24.3 Å². The van der Waals surface area contributed by atoms with Gasteiger partial charge in [0.15, 0.2) is 0 Å². The van der Waals surface area contributed by atoms with Crippen LogP contribution in [0.15, 0.2) is 24.3 Å². The Morgan fingerprint density at radius 1 is 1.36 bits per heavy atom. The number of hydrogen-bond acceptors (Lipinski definition) is 3. The fourth-order valence-electron chi connectivity index (χ4n) is 0.961. The minimum absolute atomic E-state index is 0.699. The van der Waals surface area contributed by atoms with Crippen LogP contribution in [0.5, 0.6) is 5.75 Å². The number of thioether (sulfide) groups is 1. The molecule has 1 rings (SSSR count). The molecule has 0 radical (unpaired) electrons. The number of nitrogens with two attached hydrogens (primary N) is 1. The number of rotatable bonds is 6. The summed E-state index contributed by atoms with van der Waals surface area (Å²) in [6.07, 6.45) is 0. The van der Waals surface area contributed by atoms with Crippen LogP contribution >= 0.6 is 23.4 Å². The SMILES string of the molecule is NCCSCCOc1cccc(Cl)c1. The highest BCUT2D eigenvalue weighted by Gasteiger charge is 1.94. The molecule has 78 valence electrons. The highest BCUT2D eigenvalue weighted by Crippen LogP contribution is 2.17. The fourth-order valence-corrected chi connectivity index (χ4v) is 1.71. The van der Waals surface area contributed by atoms with Crippen molar-refractivity contribution in [3.8, 4) is 5.75 Å². The van der Waals surface area contributed by atoms with E-state index in [4.69, 9.17) is 22.1 Å². The Kier molecular flexibility index (Phi) is 5.83. The van der Waals surface area contributed by atoms with Gasteiger partial charge in [-0.2, -0.15) is 11.8 Å². The molecule has 1 aromatic carbocycles. The second-order valence-electron chi connectivity index (χ2n) is 2.71. The van der Waals surface area contributed by atoms with Crippen LogP contribution < -0.4 is 10.5 Å². The summed E-state index contributed by atoms with van der Waals surface area (Å²) in [6, 6.07) is 7.43. The second-order valence-corrected chi connectivity index (χ2v) is 4.37. The Bertz CT molecular complexity index is 270. The van der Waals surface area contributed by atoms with Gasteiger partial charge in [0.2, 0.25) is 0 Å². The Morgan fingerprint density at radius 2 is 2.21 bits per heavy atom. The van der Waals surface area contributed by atoms with E-state index in [1.165, 1.54) is 0 Å². The van der Waals surface area contributed by atoms with E-state index < -0.39 is 0 Å². The Balaban J connectivity index is 2.18. The van der Waals surface area contributed by atoms with Gasteiger partial charge in [-0.3, -0.25) is 0 Å². The topological polar surface area (TPSA) is 35.2 Å². The van der Waals surface area contributed by atoms with Crippen LogP contribution in [0.25, 0.3) is 0 Å². The van der Waals surface area contributed by atoms with Gasteiger partial charge in [0.1, 0.15) is 5.75 Å². The maximum Gasteiger partial charge on any atom is 0.120 e. The summed E-state index contributed by atoms with van der Waals surface area (Å²) in [5.41, 5.74) is 5.36. The molecule has 1 aromatic rings. The highest BCUT2D eigenvalue weighted by atomic mass is 35.5. The zero-order valence-corrected chi connectivity index (χ0v) is 9.48. The summed E-state index contributed by atoms with van der Waals surface area (Å²) < 4.78 is 5.49. The molecule has 0 bridgehead atoms. The van der Waals surface area contributed by atoms with E-state index in [1.54, 1.807) is 11.8 Å². The summed E-state index contributed by atoms with van der Waals surface area (Å²) in [6.45, 7) is 1.42. The fraction of sp³-hybridized carbons (Fsp3) is 0.400. The molecule has 2 N–H and O–H groups in total. The molecule has 0 aliphatic carbocycles. The molecular weight excluding hydrogens is 218 g/mol. The Morgan fingerprint density at radius 3 is 2.93 bits per heavy atom. The van der Waals surface area contributed by atoms with E-state index in [9.17, 15) is 0 Å². The maximum atomic E-state index is 5.81. The lowest BCUT2D eigenvalue weighted by Crippen LogP contribution is -2.05. The van der Waals surface area contributed by atoms with Crippen LogP contribution in [0.4, 0.5) is 0 Å². The van der Waals surface area contributed by atoms with Gasteiger partial charge in [0.05, 0.1) is 6.61 Å². The molecule has 0 saturated heterocycles. The van der Waals surface area contributed by atoms with Crippen molar-refractivity contribution in [2.75, 3.05) is 24.7 Å². The number of halogens is 1. The van der Waals surface area contributed by atoms with Crippen LogP contribution in [0.3, 0.4) is 0 Å². The number of benzene rings is 1. The molecule has 0 aliphatic heterocycles. The molecule has 0 saturated carbocycles. The average Bonchev–Trinajstić information content (AvgIpc) is 2.18. The van der Waals surface area contributed by atoms with Crippen molar-refractivity contribution in [1.82, 2.24) is 0 Å². The zero-order chi connectivity index (χ0) is 10.2. The Hall–Kier alpha value is -0.380. The van der Waals surface area contributed by atoms with Gasteiger partial charge in [-0.05, 0) is 18.2 Å². The predicted octanol–water partition coefficient (Wildman–Crippen LogP) is 2.41. The van der Waals surface area contributed by atoms with Crippen molar-refractivity contribution >= 4 is 23.4 Å². The third kappa shape index (κ3) is 4.74. The van der Waals surface area contributed by atoms with Crippen molar-refractivity contribution in [1.29, 1.82) is 0 Å². The maximum absolute atomic E-state index is 5.81. The summed E-state index contributed by atoms with van der Waals surface area (Å²) in [5.74, 6) is 2.77. The molecule has 0 atom stereocenters. The van der Waals surface area contributed by atoms with Crippen molar-refractivity contribution in [3.05, 3.63) is 29.3 Å². The molecule has 0 aromatic heterocycles. The smallest absolute Gasteiger partial charge is 0.120 e. The Labute approximate surface area is 93.8 Å². The van der Waals surface area contributed by atoms with Gasteiger partial charge in [-0.1, -0.05) is 17.7 Å². The van der Waals surface area contributed by atoms with Crippen LogP contribution in [-0.2, 0) is 0 Å². The van der Waals surface area contributed by atoms with Gasteiger partial charge < -0.3 is 10.5 Å². The molecule has 0 spiro atoms. The first-order valence-corrected chi connectivity index (χ1v) is 6.02. The highest BCUT2D eigenvalue weighted by molar-refractivity contribution is 7.99. The van der Waals surface area contributed by atoms with Crippen molar-refractivity contribution in [2.24, 2.45) is 5.73 Å². The molecule has 2 nitrogen and oxygen atoms in total. The van der Waals surface area contributed by atoms with Crippen LogP contribution in [0, 0.1) is 0 Å². The average molecular weight is 232 g/mol. The minimum atomic E-state index is 0.699. The standard InChI is InChI=1S/C10H14ClNOS/c11-9-2-1-3-10(8-9)13-5-7-14-6-4-12/h1-3,8H,4-7,12H2. The molecule has 0 unspecified atom stereocenters. The van der Waals surface area contributed by atoms with Gasteiger partial charge in [-0.15, -0.1) is 0 Å². The van der Waals surface area contributed by atoms with E-state index >= 15 is 0 Å². The van der Waals surface area contributed by atoms with Gasteiger partial charge in [0, 0.05) is 23.1 Å². The van der Waals surface area contributed by atoms with E-state index in [2.05, 4.69) is 0 Å². The number of ether oxygens (including phenoxy) is 1. The second kappa shape index (κ2) is 6.98. The molecule has 0 fully saturated rings. The zero-order valence-electron chi connectivity index (χ0n) is 7.91. The van der Waals surface area contributed by atoms with Gasteiger partial charge >= 0.3 is 0 Å². The third-order valence-electron chi connectivity index (χ3n) is 1.55. The molecule has 14 heavy (non-hydrogen) atoms. The van der Waals surface area contributed by atoms with Gasteiger partial charge in [0.25, 0.3) is 0 Å². The summed E-state index contributed by atoms with van der Waals surface area (Å²) in [7, 11) is 0. The lowest BCUT2D eigenvalue weighted by atomic mass is 10.3. The lowest BCUT2D eigenvalue weighted by molar-refractivity contribution is 0.344.